The lowest BCUT2D eigenvalue weighted by atomic mass is 10.3. The predicted molar refractivity (Wildman–Crippen MR) is 67.1 cm³/mol. The van der Waals surface area contributed by atoms with Crippen molar-refractivity contribution in [2.75, 3.05) is 13.2 Å². The molecule has 0 aliphatic rings. The van der Waals surface area contributed by atoms with Gasteiger partial charge in [-0.3, -0.25) is 10.1 Å². The van der Waals surface area contributed by atoms with Crippen molar-refractivity contribution < 1.29 is 32.3 Å². The molecule has 0 radical (unpaired) electrons. The van der Waals surface area contributed by atoms with Crippen molar-refractivity contribution in [2.45, 2.75) is 6.18 Å². The summed E-state index contributed by atoms with van der Waals surface area (Å²) in [5.74, 6) is -2.00. The smallest absolute Gasteiger partial charge is 0.405 e. The summed E-state index contributed by atoms with van der Waals surface area (Å²) in [6.45, 7) is -2.44. The normalized spacial score (nSPS) is 10.7. The number of pyridine rings is 1. The number of hydrogen-bond donors (Lipinski definition) is 2. The Balaban J connectivity index is 2.37. The van der Waals surface area contributed by atoms with Crippen LogP contribution in [-0.4, -0.2) is 42.2 Å². The highest BCUT2D eigenvalue weighted by Crippen LogP contribution is 2.12. The van der Waals surface area contributed by atoms with E-state index >= 15 is 0 Å². The maximum atomic E-state index is 11.8. The number of ether oxygens (including phenoxy) is 1. The molecule has 0 aliphatic carbocycles. The maximum absolute atomic E-state index is 11.8. The fraction of sp³-hybridized carbons (Fsp3) is 0.273. The minimum absolute atomic E-state index is 0.0225. The van der Waals surface area contributed by atoms with Crippen LogP contribution in [0.15, 0.2) is 18.3 Å². The molecule has 1 heterocycles. The first kappa shape index (κ1) is 17.7. The van der Waals surface area contributed by atoms with Crippen LogP contribution in [0.25, 0.3) is 0 Å². The number of amides is 3. The molecule has 0 saturated heterocycles. The summed E-state index contributed by atoms with van der Waals surface area (Å²) >= 11 is 5.55. The van der Waals surface area contributed by atoms with E-state index in [9.17, 15) is 27.6 Å². The molecule has 0 unspecified atom stereocenters. The zero-order valence-electron chi connectivity index (χ0n) is 10.7. The van der Waals surface area contributed by atoms with Crippen LogP contribution in [0.2, 0.25) is 5.15 Å². The number of urea groups is 1. The molecule has 7 nitrogen and oxygen atoms in total. The van der Waals surface area contributed by atoms with Gasteiger partial charge >= 0.3 is 18.2 Å². The molecule has 3 amide bonds. The Bertz CT molecular complexity index is 580. The second-order valence-electron chi connectivity index (χ2n) is 3.79. The van der Waals surface area contributed by atoms with Crippen LogP contribution >= 0.6 is 11.6 Å². The van der Waals surface area contributed by atoms with E-state index in [1.54, 1.807) is 5.32 Å². The highest BCUT2D eigenvalue weighted by molar-refractivity contribution is 6.29. The number of carbonyl (C=O) groups is 3. The molecule has 1 rings (SSSR count). The van der Waals surface area contributed by atoms with Gasteiger partial charge < -0.3 is 10.1 Å². The zero-order valence-corrected chi connectivity index (χ0v) is 11.5. The van der Waals surface area contributed by atoms with Gasteiger partial charge in [-0.1, -0.05) is 11.6 Å². The summed E-state index contributed by atoms with van der Waals surface area (Å²) in [6, 6.07) is 1.12. The van der Waals surface area contributed by atoms with Crippen molar-refractivity contribution in [1.29, 1.82) is 0 Å². The van der Waals surface area contributed by atoms with Gasteiger partial charge in [0.15, 0.2) is 6.61 Å². The standard InChI is InChI=1S/C11H9ClF3N3O4/c12-7-3-6(1-2-16-7)9(20)22-4-8(19)18-10(21)17-5-11(13,14)15/h1-3H,4-5H2,(H2,17,18,19,21). The average Bonchev–Trinajstić information content (AvgIpc) is 2.42. The Morgan fingerprint density at radius 2 is 2.00 bits per heavy atom. The molecule has 22 heavy (non-hydrogen) atoms. The number of esters is 1. The van der Waals surface area contributed by atoms with Gasteiger partial charge in [-0.15, -0.1) is 0 Å². The van der Waals surface area contributed by atoms with Crippen molar-refractivity contribution in [3.05, 3.63) is 29.0 Å². The molecular weight excluding hydrogens is 331 g/mol. The minimum Gasteiger partial charge on any atom is -0.452 e. The molecule has 0 aromatic carbocycles. The zero-order chi connectivity index (χ0) is 16.8. The first-order chi connectivity index (χ1) is 10.2. The summed E-state index contributed by atoms with van der Waals surface area (Å²) < 4.78 is 40.0. The first-order valence-electron chi connectivity index (χ1n) is 5.60. The van der Waals surface area contributed by atoms with Crippen LogP contribution in [0.1, 0.15) is 10.4 Å². The van der Waals surface area contributed by atoms with Gasteiger partial charge in [-0.2, -0.15) is 13.2 Å². The van der Waals surface area contributed by atoms with Crippen molar-refractivity contribution in [2.24, 2.45) is 0 Å². The molecule has 0 atom stereocenters. The van der Waals surface area contributed by atoms with Crippen LogP contribution in [0, 0.1) is 0 Å². The number of alkyl halides is 3. The fourth-order valence-corrected chi connectivity index (χ4v) is 1.31. The summed E-state index contributed by atoms with van der Waals surface area (Å²) in [4.78, 5) is 37.3. The summed E-state index contributed by atoms with van der Waals surface area (Å²) in [6.07, 6.45) is -3.36. The molecule has 0 fully saturated rings. The molecule has 0 bridgehead atoms. The number of rotatable bonds is 4. The van der Waals surface area contributed by atoms with Crippen LogP contribution in [0.4, 0.5) is 18.0 Å². The third-order valence-electron chi connectivity index (χ3n) is 2.00. The summed E-state index contributed by atoms with van der Waals surface area (Å²) in [5, 5.41) is 3.02. The van der Waals surface area contributed by atoms with Crippen molar-refractivity contribution in [1.82, 2.24) is 15.6 Å². The molecule has 2 N–H and O–H groups in total. The van der Waals surface area contributed by atoms with Crippen molar-refractivity contribution >= 4 is 29.5 Å². The summed E-state index contributed by atoms with van der Waals surface area (Å²) in [5.41, 5.74) is 0.0225. The number of aromatic nitrogens is 1. The molecule has 0 spiro atoms. The van der Waals surface area contributed by atoms with E-state index in [0.717, 1.165) is 0 Å². The van der Waals surface area contributed by atoms with E-state index in [1.807, 2.05) is 0 Å². The molecule has 120 valence electrons. The quantitative estimate of drug-likeness (QED) is 0.636. The third kappa shape index (κ3) is 6.88. The number of halogens is 4. The Hall–Kier alpha value is -2.36. The fourth-order valence-electron chi connectivity index (χ4n) is 1.13. The number of imide groups is 1. The number of carbonyl (C=O) groups excluding carboxylic acids is 3. The molecule has 0 saturated carbocycles. The second kappa shape index (κ2) is 7.59. The highest BCUT2D eigenvalue weighted by Gasteiger charge is 2.28. The van der Waals surface area contributed by atoms with Crippen molar-refractivity contribution in [3.63, 3.8) is 0 Å². The SMILES string of the molecule is O=C(COC(=O)c1ccnc(Cl)c1)NC(=O)NCC(F)(F)F. The van der Waals surface area contributed by atoms with E-state index in [-0.39, 0.29) is 10.7 Å². The Morgan fingerprint density at radius 3 is 2.59 bits per heavy atom. The predicted octanol–water partition coefficient (Wildman–Crippen LogP) is 1.28. The molecule has 0 aliphatic heterocycles. The van der Waals surface area contributed by atoms with Crippen LogP contribution in [0.5, 0.6) is 0 Å². The Kier molecular flexibility index (Phi) is 6.11. The molecule has 1 aromatic rings. The Labute approximate surface area is 126 Å². The second-order valence-corrected chi connectivity index (χ2v) is 4.18. The molecule has 1 aromatic heterocycles. The van der Waals surface area contributed by atoms with Gasteiger partial charge in [-0.05, 0) is 12.1 Å². The third-order valence-corrected chi connectivity index (χ3v) is 2.21. The lowest BCUT2D eigenvalue weighted by molar-refractivity contribution is -0.125. The van der Waals surface area contributed by atoms with Gasteiger partial charge in [0.05, 0.1) is 5.56 Å². The highest BCUT2D eigenvalue weighted by atomic mass is 35.5. The monoisotopic (exact) mass is 339 g/mol. The lowest BCUT2D eigenvalue weighted by Gasteiger charge is -2.09. The minimum atomic E-state index is -4.60. The lowest BCUT2D eigenvalue weighted by Crippen LogP contribution is -2.44. The van der Waals surface area contributed by atoms with Gasteiger partial charge in [-0.25, -0.2) is 14.6 Å². The largest absolute Gasteiger partial charge is 0.452 e. The van der Waals surface area contributed by atoms with Gasteiger partial charge in [0.1, 0.15) is 11.7 Å². The first-order valence-corrected chi connectivity index (χ1v) is 5.98. The topological polar surface area (TPSA) is 97.4 Å². The van der Waals surface area contributed by atoms with Gasteiger partial charge in [0.25, 0.3) is 5.91 Å². The molecular formula is C11H9ClF3N3O4. The van der Waals surface area contributed by atoms with E-state index in [2.05, 4.69) is 9.72 Å². The number of hydrogen-bond acceptors (Lipinski definition) is 5. The number of nitrogens with zero attached hydrogens (tertiary/aromatic N) is 1. The van der Waals surface area contributed by atoms with Gasteiger partial charge in [0.2, 0.25) is 0 Å². The van der Waals surface area contributed by atoms with Crippen molar-refractivity contribution in [3.8, 4) is 0 Å². The maximum Gasteiger partial charge on any atom is 0.405 e. The number of nitrogens with one attached hydrogen (secondary N) is 2. The van der Waals surface area contributed by atoms with E-state index in [1.165, 1.54) is 23.6 Å². The van der Waals surface area contributed by atoms with E-state index in [4.69, 9.17) is 11.6 Å². The van der Waals surface area contributed by atoms with E-state index in [0.29, 0.717) is 0 Å². The summed E-state index contributed by atoms with van der Waals surface area (Å²) in [7, 11) is 0. The van der Waals surface area contributed by atoms with Crippen LogP contribution < -0.4 is 10.6 Å². The Morgan fingerprint density at radius 1 is 1.32 bits per heavy atom. The van der Waals surface area contributed by atoms with E-state index < -0.39 is 37.2 Å². The molecule has 11 heteroatoms. The van der Waals surface area contributed by atoms with Crippen LogP contribution in [-0.2, 0) is 9.53 Å². The average molecular weight is 340 g/mol. The van der Waals surface area contributed by atoms with Gasteiger partial charge in [0, 0.05) is 6.20 Å². The van der Waals surface area contributed by atoms with Crippen LogP contribution in [0.3, 0.4) is 0 Å².